The lowest BCUT2D eigenvalue weighted by atomic mass is 9.91. The van der Waals surface area contributed by atoms with Crippen LogP contribution in [0.4, 0.5) is 0 Å². The van der Waals surface area contributed by atoms with Gasteiger partial charge in [-0.05, 0) is 32.9 Å². The highest BCUT2D eigenvalue weighted by Gasteiger charge is 2.38. The van der Waals surface area contributed by atoms with E-state index in [9.17, 15) is 23.1 Å². The number of Topliss-reactive ketones (excluding diaryl/α,β-unsaturated/α-hetero) is 1. The van der Waals surface area contributed by atoms with Gasteiger partial charge in [0.1, 0.15) is 33.1 Å². The summed E-state index contributed by atoms with van der Waals surface area (Å²) in [6.45, 7) is 5.13. The molecule has 2 aromatic carbocycles. The molecule has 0 fully saturated rings. The van der Waals surface area contributed by atoms with Crippen molar-refractivity contribution in [3.8, 4) is 17.2 Å². The van der Waals surface area contributed by atoms with Crippen LogP contribution in [-0.2, 0) is 14.9 Å². The van der Waals surface area contributed by atoms with E-state index < -0.39 is 44.5 Å². The van der Waals surface area contributed by atoms with E-state index in [1.807, 2.05) is 0 Å². The van der Waals surface area contributed by atoms with E-state index in [4.69, 9.17) is 8.92 Å². The molecule has 0 aliphatic carbocycles. The molecule has 0 aromatic heterocycles. The minimum atomic E-state index is -4.34. The molecular weight excluding hydrogens is 400 g/mol. The number of phenolic OH excluding ortho intramolecular Hbond substituents is 1. The standard InChI is InChI=1S/C20H20O8S/c1-11-5-7-12(8-6-11)29(24,25)28-15-9-14-16(13(21)10-20(2,3)27-14)18(22)17(15)19(23)26-4/h5-9,22H,10H2,1-4H3. The SMILES string of the molecule is COC(=O)c1c(OS(=O)(=O)c2ccc(C)cc2)cc2c(c1O)C(=O)CC(C)(C)O2. The van der Waals surface area contributed by atoms with E-state index in [0.29, 0.717) is 0 Å². The highest BCUT2D eigenvalue weighted by Crippen LogP contribution is 2.45. The normalized spacial score (nSPS) is 15.2. The molecule has 0 atom stereocenters. The summed E-state index contributed by atoms with van der Waals surface area (Å²) in [6, 6.07) is 6.98. The van der Waals surface area contributed by atoms with Crippen molar-refractivity contribution < 1.29 is 36.8 Å². The molecule has 0 amide bonds. The molecule has 2 aromatic rings. The van der Waals surface area contributed by atoms with E-state index in [0.717, 1.165) is 18.7 Å². The van der Waals surface area contributed by atoms with Gasteiger partial charge in [0.05, 0.1) is 13.5 Å². The van der Waals surface area contributed by atoms with Crippen molar-refractivity contribution in [1.29, 1.82) is 0 Å². The van der Waals surface area contributed by atoms with Crippen molar-refractivity contribution in [3.63, 3.8) is 0 Å². The predicted octanol–water partition coefficient (Wildman–Crippen LogP) is 3.00. The largest absolute Gasteiger partial charge is 0.506 e. The molecule has 29 heavy (non-hydrogen) atoms. The van der Waals surface area contributed by atoms with Crippen molar-refractivity contribution in [2.45, 2.75) is 37.7 Å². The van der Waals surface area contributed by atoms with Crippen molar-refractivity contribution in [1.82, 2.24) is 0 Å². The molecule has 0 saturated carbocycles. The number of aryl methyl sites for hydroxylation is 1. The number of aromatic hydroxyl groups is 1. The van der Waals surface area contributed by atoms with Crippen LogP contribution in [0.1, 0.15) is 46.5 Å². The lowest BCUT2D eigenvalue weighted by molar-refractivity contribution is 0.0589. The fraction of sp³-hybridized carbons (Fsp3) is 0.300. The molecule has 0 unspecified atom stereocenters. The summed E-state index contributed by atoms with van der Waals surface area (Å²) < 4.78 is 40.9. The van der Waals surface area contributed by atoms with Gasteiger partial charge in [0.25, 0.3) is 0 Å². The van der Waals surface area contributed by atoms with Crippen LogP contribution in [0.3, 0.4) is 0 Å². The average Bonchev–Trinajstić information content (AvgIpc) is 2.59. The van der Waals surface area contributed by atoms with Crippen molar-refractivity contribution in [3.05, 3.63) is 47.0 Å². The number of ether oxygens (including phenoxy) is 2. The summed E-state index contributed by atoms with van der Waals surface area (Å²) >= 11 is 0. The molecule has 1 heterocycles. The second kappa shape index (κ2) is 7.07. The smallest absolute Gasteiger partial charge is 0.345 e. The summed E-state index contributed by atoms with van der Waals surface area (Å²) in [6.07, 6.45) is -0.0317. The van der Waals surface area contributed by atoms with E-state index in [-0.39, 0.29) is 22.6 Å². The first kappa shape index (κ1) is 20.7. The minimum absolute atomic E-state index is 0.0317. The molecule has 1 aliphatic rings. The Morgan fingerprint density at radius 2 is 1.83 bits per heavy atom. The maximum atomic E-state index is 12.7. The number of rotatable bonds is 4. The maximum Gasteiger partial charge on any atom is 0.345 e. The van der Waals surface area contributed by atoms with Gasteiger partial charge in [-0.25, -0.2) is 4.79 Å². The molecule has 1 aliphatic heterocycles. The number of phenols is 1. The van der Waals surface area contributed by atoms with Gasteiger partial charge in [0.15, 0.2) is 11.5 Å². The van der Waals surface area contributed by atoms with E-state index in [1.54, 1.807) is 32.9 Å². The van der Waals surface area contributed by atoms with Gasteiger partial charge in [0.2, 0.25) is 0 Å². The summed E-state index contributed by atoms with van der Waals surface area (Å²) in [5, 5.41) is 10.6. The Hall–Kier alpha value is -3.07. The Labute approximate surface area is 168 Å². The second-order valence-electron chi connectivity index (χ2n) is 7.28. The van der Waals surface area contributed by atoms with E-state index in [2.05, 4.69) is 4.74 Å². The number of ketones is 1. The number of hydrogen-bond donors (Lipinski definition) is 1. The van der Waals surface area contributed by atoms with Crippen molar-refractivity contribution in [2.75, 3.05) is 7.11 Å². The van der Waals surface area contributed by atoms with Crippen molar-refractivity contribution in [2.24, 2.45) is 0 Å². The van der Waals surface area contributed by atoms with Gasteiger partial charge in [-0.15, -0.1) is 0 Å². The zero-order chi connectivity index (χ0) is 21.6. The fourth-order valence-electron chi connectivity index (χ4n) is 3.02. The predicted molar refractivity (Wildman–Crippen MR) is 102 cm³/mol. The fourth-order valence-corrected chi connectivity index (χ4v) is 3.95. The molecule has 0 saturated heterocycles. The van der Waals surface area contributed by atoms with E-state index in [1.165, 1.54) is 12.1 Å². The summed E-state index contributed by atoms with van der Waals surface area (Å²) in [7, 11) is -3.28. The van der Waals surface area contributed by atoms with Crippen LogP contribution in [0.2, 0.25) is 0 Å². The number of esters is 1. The molecule has 154 valence electrons. The third kappa shape index (κ3) is 3.91. The first-order chi connectivity index (χ1) is 13.4. The van der Waals surface area contributed by atoms with Crippen LogP contribution in [0.5, 0.6) is 17.2 Å². The van der Waals surface area contributed by atoms with Gasteiger partial charge in [-0.3, -0.25) is 4.79 Å². The number of benzene rings is 2. The van der Waals surface area contributed by atoms with Crippen LogP contribution in [0, 0.1) is 6.92 Å². The monoisotopic (exact) mass is 420 g/mol. The van der Waals surface area contributed by atoms with Crippen LogP contribution >= 0.6 is 0 Å². The number of hydrogen-bond acceptors (Lipinski definition) is 8. The molecule has 0 spiro atoms. The average molecular weight is 420 g/mol. The Bertz CT molecular complexity index is 1100. The molecule has 8 nitrogen and oxygen atoms in total. The quantitative estimate of drug-likeness (QED) is 0.593. The Morgan fingerprint density at radius 3 is 2.41 bits per heavy atom. The third-order valence-corrected chi connectivity index (χ3v) is 5.63. The topological polar surface area (TPSA) is 116 Å². The highest BCUT2D eigenvalue weighted by atomic mass is 32.2. The highest BCUT2D eigenvalue weighted by molar-refractivity contribution is 7.87. The second-order valence-corrected chi connectivity index (χ2v) is 8.82. The maximum absolute atomic E-state index is 12.7. The van der Waals surface area contributed by atoms with Gasteiger partial charge < -0.3 is 18.8 Å². The Balaban J connectivity index is 2.17. The van der Waals surface area contributed by atoms with Crippen LogP contribution in [0.15, 0.2) is 35.2 Å². The Morgan fingerprint density at radius 1 is 1.21 bits per heavy atom. The molecule has 3 rings (SSSR count). The summed E-state index contributed by atoms with van der Waals surface area (Å²) in [5.41, 5.74) is -0.820. The molecule has 0 bridgehead atoms. The lowest BCUT2D eigenvalue weighted by Gasteiger charge is -2.32. The van der Waals surface area contributed by atoms with Crippen LogP contribution in [0.25, 0.3) is 0 Å². The summed E-state index contributed by atoms with van der Waals surface area (Å²) in [5.74, 6) is -2.84. The number of carbonyl (C=O) groups excluding carboxylic acids is 2. The number of fused-ring (bicyclic) bond motifs is 1. The molecular formula is C20H20O8S. The zero-order valence-electron chi connectivity index (χ0n) is 16.3. The third-order valence-electron chi connectivity index (χ3n) is 4.38. The number of carbonyl (C=O) groups is 2. The molecule has 1 N–H and O–H groups in total. The Kier molecular flexibility index (Phi) is 5.04. The van der Waals surface area contributed by atoms with Crippen LogP contribution in [-0.4, -0.2) is 38.0 Å². The summed E-state index contributed by atoms with van der Waals surface area (Å²) in [4.78, 5) is 24.6. The first-order valence-corrected chi connectivity index (χ1v) is 10.1. The molecule has 0 radical (unpaired) electrons. The minimum Gasteiger partial charge on any atom is -0.506 e. The van der Waals surface area contributed by atoms with Crippen molar-refractivity contribution >= 4 is 21.9 Å². The van der Waals surface area contributed by atoms with E-state index >= 15 is 0 Å². The molecule has 9 heteroatoms. The lowest BCUT2D eigenvalue weighted by Crippen LogP contribution is -2.36. The van der Waals surface area contributed by atoms with Gasteiger partial charge in [-0.1, -0.05) is 17.7 Å². The van der Waals surface area contributed by atoms with Gasteiger partial charge in [0, 0.05) is 6.07 Å². The number of methoxy groups -OCH3 is 1. The zero-order valence-corrected chi connectivity index (χ0v) is 17.1. The first-order valence-electron chi connectivity index (χ1n) is 8.67. The van der Waals surface area contributed by atoms with Crippen LogP contribution < -0.4 is 8.92 Å². The van der Waals surface area contributed by atoms with Gasteiger partial charge >= 0.3 is 16.1 Å². The van der Waals surface area contributed by atoms with Gasteiger partial charge in [-0.2, -0.15) is 8.42 Å².